The Labute approximate surface area is 126 Å². The number of methoxy groups -OCH3 is 1. The Kier molecular flexibility index (Phi) is 4.28. The van der Waals surface area contributed by atoms with E-state index in [0.717, 1.165) is 29.9 Å². The van der Waals surface area contributed by atoms with Crippen molar-refractivity contribution in [1.82, 2.24) is 0 Å². The lowest BCUT2D eigenvalue weighted by Crippen LogP contribution is -2.09. The lowest BCUT2D eigenvalue weighted by atomic mass is 9.81. The zero-order valence-corrected chi connectivity index (χ0v) is 12.6. The fraction of sp³-hybridized carbons (Fsp3) is 0.500. The molecule has 2 aliphatic carbocycles. The molecular weight excluding hydrogens is 262 g/mol. The van der Waals surface area contributed by atoms with Crippen LogP contribution in [0.2, 0.25) is 0 Å². The van der Waals surface area contributed by atoms with Gasteiger partial charge in [-0.15, -0.1) is 0 Å². The fourth-order valence-electron chi connectivity index (χ4n) is 3.78. The Hall–Kier alpha value is -1.77. The van der Waals surface area contributed by atoms with Crippen LogP contribution in [0.1, 0.15) is 50.5 Å². The molecule has 0 amide bonds. The first-order valence-electron chi connectivity index (χ1n) is 7.92. The van der Waals surface area contributed by atoms with Gasteiger partial charge in [0.05, 0.1) is 12.8 Å². The van der Waals surface area contributed by atoms with E-state index in [9.17, 15) is 5.21 Å². The monoisotopic (exact) mass is 285 g/mol. The highest BCUT2D eigenvalue weighted by Gasteiger charge is 2.29. The molecule has 0 aromatic heterocycles. The van der Waals surface area contributed by atoms with Crippen LogP contribution < -0.4 is 4.74 Å². The molecule has 1 saturated carbocycles. The molecule has 21 heavy (non-hydrogen) atoms. The Bertz CT molecular complexity index is 568. The second-order valence-corrected chi connectivity index (χ2v) is 6.01. The van der Waals surface area contributed by atoms with Crippen molar-refractivity contribution in [2.24, 2.45) is 11.1 Å². The zero-order valence-electron chi connectivity index (χ0n) is 12.6. The molecule has 0 saturated heterocycles. The van der Waals surface area contributed by atoms with Crippen molar-refractivity contribution in [2.75, 3.05) is 7.11 Å². The topological polar surface area (TPSA) is 41.8 Å². The second kappa shape index (κ2) is 6.33. The summed E-state index contributed by atoms with van der Waals surface area (Å²) in [6.45, 7) is 0. The van der Waals surface area contributed by atoms with Crippen LogP contribution in [-0.4, -0.2) is 18.0 Å². The summed E-state index contributed by atoms with van der Waals surface area (Å²) in [4.78, 5) is 0. The third kappa shape index (κ3) is 2.82. The second-order valence-electron chi connectivity index (χ2n) is 6.01. The molecule has 0 heterocycles. The highest BCUT2D eigenvalue weighted by Crippen LogP contribution is 2.42. The summed E-state index contributed by atoms with van der Waals surface area (Å²) in [5.74, 6) is 1.52. The number of benzene rings is 1. The van der Waals surface area contributed by atoms with Crippen molar-refractivity contribution in [2.45, 2.75) is 44.9 Å². The number of hydrogen-bond acceptors (Lipinski definition) is 3. The zero-order chi connectivity index (χ0) is 14.7. The van der Waals surface area contributed by atoms with Gasteiger partial charge in [0.25, 0.3) is 0 Å². The van der Waals surface area contributed by atoms with Crippen molar-refractivity contribution in [1.29, 1.82) is 0 Å². The molecule has 112 valence electrons. The summed E-state index contributed by atoms with van der Waals surface area (Å²) in [6.07, 6.45) is 8.46. The smallest absolute Gasteiger partial charge is 0.119 e. The Morgan fingerprint density at radius 3 is 2.67 bits per heavy atom. The molecule has 1 aromatic rings. The molecule has 1 fully saturated rings. The van der Waals surface area contributed by atoms with Crippen LogP contribution in [0.5, 0.6) is 5.75 Å². The van der Waals surface area contributed by atoms with E-state index in [4.69, 9.17) is 4.74 Å². The van der Waals surface area contributed by atoms with E-state index in [0.29, 0.717) is 5.92 Å². The third-order valence-electron chi connectivity index (χ3n) is 4.82. The minimum absolute atomic E-state index is 0.666. The van der Waals surface area contributed by atoms with Crippen molar-refractivity contribution in [3.8, 4) is 5.75 Å². The molecule has 3 nitrogen and oxygen atoms in total. The van der Waals surface area contributed by atoms with E-state index in [-0.39, 0.29) is 0 Å². The van der Waals surface area contributed by atoms with Gasteiger partial charge in [-0.3, -0.25) is 0 Å². The van der Waals surface area contributed by atoms with E-state index < -0.39 is 0 Å². The maximum Gasteiger partial charge on any atom is 0.119 e. The van der Waals surface area contributed by atoms with Gasteiger partial charge < -0.3 is 9.94 Å². The molecule has 0 unspecified atom stereocenters. The Morgan fingerprint density at radius 1 is 1.14 bits per heavy atom. The lowest BCUT2D eigenvalue weighted by molar-refractivity contribution is 0.319. The van der Waals surface area contributed by atoms with Crippen LogP contribution in [-0.2, 0) is 0 Å². The van der Waals surface area contributed by atoms with E-state index >= 15 is 0 Å². The summed E-state index contributed by atoms with van der Waals surface area (Å²) < 4.78 is 5.34. The van der Waals surface area contributed by atoms with Crippen molar-refractivity contribution < 1.29 is 9.94 Å². The van der Waals surface area contributed by atoms with Crippen LogP contribution in [0.3, 0.4) is 0 Å². The molecule has 0 radical (unpaired) electrons. The van der Waals surface area contributed by atoms with Gasteiger partial charge in [-0.25, -0.2) is 0 Å². The summed E-state index contributed by atoms with van der Waals surface area (Å²) in [7, 11) is 1.69. The van der Waals surface area contributed by atoms with Crippen LogP contribution in [0.25, 0.3) is 5.57 Å². The number of ether oxygens (including phenoxy) is 1. The van der Waals surface area contributed by atoms with Gasteiger partial charge in [0.2, 0.25) is 0 Å². The minimum Gasteiger partial charge on any atom is -0.497 e. The molecule has 0 atom stereocenters. The predicted molar refractivity (Wildman–Crippen MR) is 84.9 cm³/mol. The highest BCUT2D eigenvalue weighted by molar-refractivity contribution is 6.26. The summed E-state index contributed by atoms with van der Waals surface area (Å²) in [5, 5.41) is 12.9. The normalized spacial score (nSPS) is 22.0. The summed E-state index contributed by atoms with van der Waals surface area (Å²) in [5.41, 5.74) is 4.63. The van der Waals surface area contributed by atoms with Gasteiger partial charge in [0.1, 0.15) is 5.75 Å². The van der Waals surface area contributed by atoms with E-state index in [1.807, 2.05) is 12.1 Å². The van der Waals surface area contributed by atoms with Crippen LogP contribution in [0.15, 0.2) is 35.0 Å². The molecule has 1 N–H and O–H groups in total. The van der Waals surface area contributed by atoms with Gasteiger partial charge in [0, 0.05) is 5.57 Å². The molecule has 3 heteroatoms. The number of hydrogen-bond donors (Lipinski definition) is 1. The maximum absolute atomic E-state index is 9.36. The van der Waals surface area contributed by atoms with Crippen molar-refractivity contribution in [3.05, 3.63) is 35.4 Å². The standard InChI is InChI=1S/C18H23NO2/c1-21-15-9-5-8-14(12-15)18-16(10-11-17(18)19-20)13-6-3-2-4-7-13/h5,8-9,12-13,20H,2-4,6-7,10-11H2,1H3/b19-17+. The molecule has 1 aromatic carbocycles. The highest BCUT2D eigenvalue weighted by atomic mass is 16.5. The number of allylic oxidation sites excluding steroid dienone is 2. The Morgan fingerprint density at radius 2 is 1.95 bits per heavy atom. The maximum atomic E-state index is 9.36. The first-order chi connectivity index (χ1) is 10.3. The summed E-state index contributed by atoms with van der Waals surface area (Å²) >= 11 is 0. The molecule has 0 aliphatic heterocycles. The van der Waals surface area contributed by atoms with Crippen molar-refractivity contribution in [3.63, 3.8) is 0 Å². The van der Waals surface area contributed by atoms with E-state index in [1.54, 1.807) is 7.11 Å². The molecule has 3 rings (SSSR count). The van der Waals surface area contributed by atoms with Crippen LogP contribution in [0.4, 0.5) is 0 Å². The SMILES string of the molecule is COc1cccc(C2=C(C3CCCCC3)CC/C2=N\O)c1. The predicted octanol–water partition coefficient (Wildman–Crippen LogP) is 4.65. The van der Waals surface area contributed by atoms with Crippen LogP contribution >= 0.6 is 0 Å². The number of rotatable bonds is 3. The van der Waals surface area contributed by atoms with Crippen molar-refractivity contribution >= 4 is 11.3 Å². The summed E-state index contributed by atoms with van der Waals surface area (Å²) in [6, 6.07) is 8.11. The first kappa shape index (κ1) is 14.2. The Balaban J connectivity index is 2.03. The van der Waals surface area contributed by atoms with Crippen LogP contribution in [0, 0.1) is 5.92 Å². The average molecular weight is 285 g/mol. The minimum atomic E-state index is 0.666. The van der Waals surface area contributed by atoms with E-state index in [2.05, 4.69) is 17.3 Å². The van der Waals surface area contributed by atoms with Gasteiger partial charge >= 0.3 is 0 Å². The lowest BCUT2D eigenvalue weighted by Gasteiger charge is -2.24. The van der Waals surface area contributed by atoms with Gasteiger partial charge in [0.15, 0.2) is 0 Å². The molecule has 0 spiro atoms. The van der Waals surface area contributed by atoms with E-state index in [1.165, 1.54) is 43.3 Å². The van der Waals surface area contributed by atoms with Gasteiger partial charge in [-0.1, -0.05) is 42.1 Å². The first-order valence-corrected chi connectivity index (χ1v) is 7.92. The molecular formula is C18H23NO2. The quantitative estimate of drug-likeness (QED) is 0.648. The number of oxime groups is 1. The fourth-order valence-corrected chi connectivity index (χ4v) is 3.78. The van der Waals surface area contributed by atoms with Gasteiger partial charge in [-0.2, -0.15) is 0 Å². The molecule has 2 aliphatic rings. The molecule has 0 bridgehead atoms. The van der Waals surface area contributed by atoms with Gasteiger partial charge in [-0.05, 0) is 49.3 Å². The largest absolute Gasteiger partial charge is 0.497 e. The average Bonchev–Trinajstić information content (AvgIpc) is 2.99. The third-order valence-corrected chi connectivity index (χ3v) is 4.82. The number of nitrogens with zero attached hydrogens (tertiary/aromatic N) is 1.